The molecule has 0 unspecified atom stereocenters. The van der Waals surface area contributed by atoms with Gasteiger partial charge in [0.15, 0.2) is 0 Å². The Bertz CT molecular complexity index is 241. The van der Waals surface area contributed by atoms with Gasteiger partial charge in [0.25, 0.3) is 0 Å². The fraction of sp³-hybridized carbons (Fsp3) is 1.00. The summed E-state index contributed by atoms with van der Waals surface area (Å²) in [5.41, 5.74) is 0. The summed E-state index contributed by atoms with van der Waals surface area (Å²) < 4.78 is 0. The molecule has 0 amide bonds. The molecule has 0 saturated carbocycles. The summed E-state index contributed by atoms with van der Waals surface area (Å²) in [6.07, 6.45) is -2.47. The number of nitrogens with zero attached hydrogens (tertiary/aromatic N) is 1. The van der Waals surface area contributed by atoms with Gasteiger partial charge in [-0.15, -0.1) is 0 Å². The van der Waals surface area contributed by atoms with Crippen molar-refractivity contribution >= 4 is 0 Å². The number of hydrogen-bond donors (Lipinski definition) is 5. The summed E-state index contributed by atoms with van der Waals surface area (Å²) in [5, 5.41) is 40.5. The van der Waals surface area contributed by atoms with E-state index in [0.29, 0.717) is 18.6 Å². The summed E-state index contributed by atoms with van der Waals surface area (Å²) in [6.45, 7) is 1.62. The number of likely N-dealkylation sites (tertiary alicyclic amines) is 1. The highest BCUT2D eigenvalue weighted by Gasteiger charge is 2.39. The van der Waals surface area contributed by atoms with Gasteiger partial charge in [0.2, 0.25) is 0 Å². The van der Waals surface area contributed by atoms with Gasteiger partial charge in [0, 0.05) is 31.7 Å². The molecule has 0 aromatic carbocycles. The van der Waals surface area contributed by atoms with Crippen molar-refractivity contribution in [2.24, 2.45) is 0 Å². The first-order valence-corrected chi connectivity index (χ1v) is 5.74. The third-order valence-electron chi connectivity index (χ3n) is 3.57. The highest BCUT2D eigenvalue weighted by molar-refractivity contribution is 4.98. The molecule has 6 heteroatoms. The Hall–Kier alpha value is -0.240. The third-order valence-corrected chi connectivity index (χ3v) is 3.57. The van der Waals surface area contributed by atoms with E-state index in [0.717, 1.165) is 19.5 Å². The van der Waals surface area contributed by atoms with Crippen LogP contribution < -0.4 is 5.32 Å². The van der Waals surface area contributed by atoms with Crippen LogP contribution in [0.3, 0.4) is 0 Å². The second-order valence-electron chi connectivity index (χ2n) is 4.76. The number of aliphatic hydroxyl groups excluding tert-OH is 4. The van der Waals surface area contributed by atoms with E-state index in [1.165, 1.54) is 0 Å². The summed E-state index contributed by atoms with van der Waals surface area (Å²) in [7, 11) is 0. The van der Waals surface area contributed by atoms with Gasteiger partial charge in [-0.3, -0.25) is 4.90 Å². The maximum absolute atomic E-state index is 9.72. The predicted octanol–water partition coefficient (Wildman–Crippen LogP) is -2.89. The lowest BCUT2D eigenvalue weighted by Crippen LogP contribution is -2.51. The van der Waals surface area contributed by atoms with Gasteiger partial charge in [-0.2, -0.15) is 0 Å². The van der Waals surface area contributed by atoms with Gasteiger partial charge in [-0.1, -0.05) is 0 Å². The van der Waals surface area contributed by atoms with Crippen LogP contribution >= 0.6 is 0 Å². The number of aliphatic hydroxyl groups is 4. The van der Waals surface area contributed by atoms with Gasteiger partial charge in [0.05, 0.1) is 12.7 Å². The Balaban J connectivity index is 1.81. The number of nitrogens with one attached hydrogen (secondary N) is 1. The van der Waals surface area contributed by atoms with Crippen LogP contribution in [0.2, 0.25) is 0 Å². The van der Waals surface area contributed by atoms with E-state index >= 15 is 0 Å². The van der Waals surface area contributed by atoms with Crippen LogP contribution in [0.5, 0.6) is 0 Å². The highest BCUT2D eigenvalue weighted by Crippen LogP contribution is 2.23. The SMILES string of the molecule is OC[C@@H](O)[C@@H](O)[C@@H](O)CN1C[C@H]2C[C@@H]1CN2. The molecule has 2 fully saturated rings. The summed E-state index contributed by atoms with van der Waals surface area (Å²) >= 11 is 0. The van der Waals surface area contributed by atoms with E-state index in [4.69, 9.17) is 5.11 Å². The molecular formula is C10H20N2O4. The molecule has 2 aliphatic rings. The van der Waals surface area contributed by atoms with Gasteiger partial charge < -0.3 is 25.7 Å². The smallest absolute Gasteiger partial charge is 0.109 e. The monoisotopic (exact) mass is 232 g/mol. The van der Waals surface area contributed by atoms with Gasteiger partial charge in [-0.05, 0) is 6.42 Å². The topological polar surface area (TPSA) is 96.2 Å². The third kappa shape index (κ3) is 2.37. The molecule has 2 bridgehead atoms. The minimum absolute atomic E-state index is 0.348. The Morgan fingerprint density at radius 3 is 2.50 bits per heavy atom. The molecule has 6 nitrogen and oxygen atoms in total. The lowest BCUT2D eigenvalue weighted by molar-refractivity contribution is -0.0854. The normalized spacial score (nSPS) is 35.2. The summed E-state index contributed by atoms with van der Waals surface area (Å²) in [6, 6.07) is 0.926. The molecule has 2 heterocycles. The van der Waals surface area contributed by atoms with Crippen LogP contribution in [-0.2, 0) is 0 Å². The largest absolute Gasteiger partial charge is 0.394 e. The average Bonchev–Trinajstić information content (AvgIpc) is 2.88. The van der Waals surface area contributed by atoms with Crippen LogP contribution in [0.1, 0.15) is 6.42 Å². The lowest BCUT2D eigenvalue weighted by Gasteiger charge is -2.31. The average molecular weight is 232 g/mol. The van der Waals surface area contributed by atoms with Crippen molar-refractivity contribution in [3.05, 3.63) is 0 Å². The lowest BCUT2D eigenvalue weighted by atomic mass is 10.1. The maximum atomic E-state index is 9.72. The van der Waals surface area contributed by atoms with Gasteiger partial charge in [-0.25, -0.2) is 0 Å². The summed E-state index contributed by atoms with van der Waals surface area (Å²) in [5.74, 6) is 0. The van der Waals surface area contributed by atoms with E-state index in [2.05, 4.69) is 10.2 Å². The van der Waals surface area contributed by atoms with Crippen molar-refractivity contribution in [3.63, 3.8) is 0 Å². The number of fused-ring (bicyclic) bond motifs is 2. The Kier molecular flexibility index (Phi) is 3.78. The van der Waals surface area contributed by atoms with Crippen LogP contribution in [0.4, 0.5) is 0 Å². The zero-order chi connectivity index (χ0) is 11.7. The van der Waals surface area contributed by atoms with E-state index < -0.39 is 24.9 Å². The first kappa shape index (κ1) is 12.2. The predicted molar refractivity (Wildman–Crippen MR) is 56.9 cm³/mol. The maximum Gasteiger partial charge on any atom is 0.109 e. The van der Waals surface area contributed by atoms with Crippen LogP contribution in [-0.4, -0.2) is 82.0 Å². The Morgan fingerprint density at radius 2 is 2.00 bits per heavy atom. The van der Waals surface area contributed by atoms with Crippen molar-refractivity contribution in [2.75, 3.05) is 26.2 Å². The molecule has 16 heavy (non-hydrogen) atoms. The van der Waals surface area contributed by atoms with Crippen molar-refractivity contribution in [2.45, 2.75) is 36.8 Å². The van der Waals surface area contributed by atoms with Crippen molar-refractivity contribution < 1.29 is 20.4 Å². The minimum atomic E-state index is -1.28. The molecule has 0 radical (unpaired) electrons. The van der Waals surface area contributed by atoms with Gasteiger partial charge >= 0.3 is 0 Å². The second kappa shape index (κ2) is 4.95. The van der Waals surface area contributed by atoms with E-state index in [1.54, 1.807) is 0 Å². The molecule has 94 valence electrons. The minimum Gasteiger partial charge on any atom is -0.394 e. The van der Waals surface area contributed by atoms with E-state index in [9.17, 15) is 15.3 Å². The second-order valence-corrected chi connectivity index (χ2v) is 4.76. The zero-order valence-electron chi connectivity index (χ0n) is 9.16. The first-order valence-electron chi connectivity index (χ1n) is 5.74. The van der Waals surface area contributed by atoms with E-state index in [-0.39, 0.29) is 0 Å². The molecule has 5 N–H and O–H groups in total. The Morgan fingerprint density at radius 1 is 1.25 bits per heavy atom. The quantitative estimate of drug-likeness (QED) is 0.349. The number of rotatable bonds is 5. The standard InChI is InChI=1S/C10H20N2O4/c13-5-9(15)10(16)8(14)4-12-3-6-1-7(12)2-11-6/h6-11,13-16H,1-5H2/t6-,7-,8+,9-,10+/m1/s1. The fourth-order valence-electron chi connectivity index (χ4n) is 2.58. The molecule has 0 aromatic rings. The van der Waals surface area contributed by atoms with E-state index in [1.807, 2.05) is 0 Å². The van der Waals surface area contributed by atoms with Gasteiger partial charge in [0.1, 0.15) is 12.2 Å². The van der Waals surface area contributed by atoms with Crippen molar-refractivity contribution in [1.82, 2.24) is 10.2 Å². The van der Waals surface area contributed by atoms with Crippen LogP contribution in [0.15, 0.2) is 0 Å². The highest BCUT2D eigenvalue weighted by atomic mass is 16.4. The number of β-amino-alcohol motifs (C(OH)–C–C–N with tert-alkyl or cyclic N) is 1. The van der Waals surface area contributed by atoms with Crippen molar-refractivity contribution in [3.8, 4) is 0 Å². The number of piperazine rings is 1. The molecule has 0 spiro atoms. The molecule has 0 aromatic heterocycles. The molecule has 2 saturated heterocycles. The first-order chi connectivity index (χ1) is 7.61. The molecule has 2 rings (SSSR count). The molecule has 0 aliphatic carbocycles. The summed E-state index contributed by atoms with van der Waals surface area (Å²) in [4.78, 5) is 2.12. The zero-order valence-corrected chi connectivity index (χ0v) is 9.16. The molecule has 2 aliphatic heterocycles. The van der Waals surface area contributed by atoms with Crippen LogP contribution in [0.25, 0.3) is 0 Å². The molecule has 5 atom stereocenters. The Labute approximate surface area is 94.5 Å². The fourth-order valence-corrected chi connectivity index (χ4v) is 2.58. The van der Waals surface area contributed by atoms with Crippen molar-refractivity contribution in [1.29, 1.82) is 0 Å². The molecular weight excluding hydrogens is 212 g/mol. The number of hydrogen-bond acceptors (Lipinski definition) is 6. The van der Waals surface area contributed by atoms with Crippen LogP contribution in [0, 0.1) is 0 Å².